The van der Waals surface area contributed by atoms with Gasteiger partial charge in [0.25, 0.3) is 0 Å². The standard InChI is InChI=1S/C19H17Cl2N3S.C2H6/c20-15-10-14(23-11-12-6-8-22-9-7-12)19-17(24-15)16(21)18(25-19)13-4-2-1-3-5-13;1-2/h1-2,6-10,13H,3-5,11H2,(H,23,24);1-2H3. The Morgan fingerprint density at radius 3 is 2.67 bits per heavy atom. The van der Waals surface area contributed by atoms with Gasteiger partial charge in [-0.3, -0.25) is 4.98 Å². The number of allylic oxidation sites excluding steroid dienone is 2. The highest BCUT2D eigenvalue weighted by Crippen LogP contribution is 2.45. The number of nitrogens with zero attached hydrogens (tertiary/aromatic N) is 2. The Balaban J connectivity index is 0.00000102. The van der Waals surface area contributed by atoms with Gasteiger partial charge in [0.2, 0.25) is 0 Å². The van der Waals surface area contributed by atoms with Crippen LogP contribution in [-0.2, 0) is 6.54 Å². The van der Waals surface area contributed by atoms with Crippen molar-refractivity contribution in [2.75, 3.05) is 5.32 Å². The van der Waals surface area contributed by atoms with Gasteiger partial charge in [0.1, 0.15) is 10.7 Å². The first-order valence-electron chi connectivity index (χ1n) is 9.28. The molecule has 1 atom stereocenters. The van der Waals surface area contributed by atoms with Crippen molar-refractivity contribution in [2.45, 2.75) is 45.6 Å². The number of halogens is 2. The summed E-state index contributed by atoms with van der Waals surface area (Å²) in [5.41, 5.74) is 2.95. The van der Waals surface area contributed by atoms with Gasteiger partial charge in [0.05, 0.1) is 15.4 Å². The molecule has 0 fully saturated rings. The van der Waals surface area contributed by atoms with Crippen molar-refractivity contribution in [1.82, 2.24) is 9.97 Å². The fourth-order valence-corrected chi connectivity index (χ4v) is 5.08. The second kappa shape index (κ2) is 9.54. The van der Waals surface area contributed by atoms with Crippen LogP contribution in [0.5, 0.6) is 0 Å². The van der Waals surface area contributed by atoms with Gasteiger partial charge in [0, 0.05) is 29.9 Å². The Kier molecular flexibility index (Phi) is 7.11. The van der Waals surface area contributed by atoms with Crippen LogP contribution in [0.15, 0.2) is 42.7 Å². The van der Waals surface area contributed by atoms with Crippen LogP contribution in [0.1, 0.15) is 49.5 Å². The van der Waals surface area contributed by atoms with E-state index in [1.54, 1.807) is 23.7 Å². The predicted octanol–water partition coefficient (Wildman–Crippen LogP) is 7.46. The smallest absolute Gasteiger partial charge is 0.131 e. The molecular weight excluding hydrogens is 397 g/mol. The maximum Gasteiger partial charge on any atom is 0.131 e. The molecule has 4 rings (SSSR count). The van der Waals surface area contributed by atoms with Crippen molar-refractivity contribution in [3.8, 4) is 0 Å². The van der Waals surface area contributed by atoms with E-state index in [1.165, 1.54) is 4.88 Å². The highest BCUT2D eigenvalue weighted by molar-refractivity contribution is 7.20. The summed E-state index contributed by atoms with van der Waals surface area (Å²) in [6, 6.07) is 5.87. The second-order valence-electron chi connectivity index (χ2n) is 6.14. The first-order chi connectivity index (χ1) is 13.2. The Hall–Kier alpha value is -1.62. The first kappa shape index (κ1) is 20.1. The molecule has 1 aliphatic carbocycles. The van der Waals surface area contributed by atoms with Crippen LogP contribution in [0, 0.1) is 0 Å². The van der Waals surface area contributed by atoms with E-state index >= 15 is 0 Å². The first-order valence-corrected chi connectivity index (χ1v) is 10.9. The monoisotopic (exact) mass is 419 g/mol. The summed E-state index contributed by atoms with van der Waals surface area (Å²) in [5, 5.41) is 4.69. The van der Waals surface area contributed by atoms with Crippen molar-refractivity contribution in [3.63, 3.8) is 0 Å². The number of nitrogens with one attached hydrogen (secondary N) is 1. The molecule has 1 unspecified atom stereocenters. The summed E-state index contributed by atoms with van der Waals surface area (Å²) in [7, 11) is 0. The number of hydrogen-bond donors (Lipinski definition) is 1. The summed E-state index contributed by atoms with van der Waals surface area (Å²) < 4.78 is 1.08. The largest absolute Gasteiger partial charge is 0.380 e. The third-order valence-corrected chi connectivity index (χ3v) is 6.51. The van der Waals surface area contributed by atoms with Crippen molar-refractivity contribution in [1.29, 1.82) is 0 Å². The molecule has 27 heavy (non-hydrogen) atoms. The van der Waals surface area contributed by atoms with E-state index in [9.17, 15) is 0 Å². The fourth-order valence-electron chi connectivity index (χ4n) is 3.15. The average molecular weight is 420 g/mol. The number of fused-ring (bicyclic) bond motifs is 1. The van der Waals surface area contributed by atoms with E-state index in [0.717, 1.165) is 45.8 Å². The van der Waals surface area contributed by atoms with Crippen molar-refractivity contribution in [2.24, 2.45) is 0 Å². The molecule has 1 N–H and O–H groups in total. The van der Waals surface area contributed by atoms with E-state index in [1.807, 2.05) is 32.0 Å². The zero-order chi connectivity index (χ0) is 19.2. The Labute approximate surface area is 174 Å². The molecule has 6 heteroatoms. The lowest BCUT2D eigenvalue weighted by Gasteiger charge is -2.16. The number of rotatable bonds is 4. The van der Waals surface area contributed by atoms with Crippen LogP contribution in [0.25, 0.3) is 10.2 Å². The van der Waals surface area contributed by atoms with Gasteiger partial charge in [-0.25, -0.2) is 4.98 Å². The maximum atomic E-state index is 6.68. The SMILES string of the molecule is CC.Clc1cc(NCc2ccncc2)c2sc(C3CC=CCC3)c(Cl)c2n1. The molecule has 0 saturated carbocycles. The third-order valence-electron chi connectivity index (χ3n) is 4.45. The van der Waals surface area contributed by atoms with E-state index in [-0.39, 0.29) is 0 Å². The van der Waals surface area contributed by atoms with Crippen LogP contribution >= 0.6 is 34.5 Å². The Morgan fingerprint density at radius 1 is 1.19 bits per heavy atom. The van der Waals surface area contributed by atoms with Gasteiger partial charge in [-0.1, -0.05) is 49.2 Å². The lowest BCUT2D eigenvalue weighted by molar-refractivity contribution is 0.627. The maximum absolute atomic E-state index is 6.68. The molecular formula is C21H23Cl2N3S. The molecule has 3 heterocycles. The number of anilines is 1. The quantitative estimate of drug-likeness (QED) is 0.352. The number of aromatic nitrogens is 2. The predicted molar refractivity (Wildman–Crippen MR) is 118 cm³/mol. The van der Waals surface area contributed by atoms with E-state index in [4.69, 9.17) is 23.2 Å². The minimum atomic E-state index is 0.458. The molecule has 3 aromatic heterocycles. The topological polar surface area (TPSA) is 37.8 Å². The molecule has 0 spiro atoms. The second-order valence-corrected chi connectivity index (χ2v) is 7.96. The number of thiophene rings is 1. The summed E-state index contributed by atoms with van der Waals surface area (Å²) in [4.78, 5) is 9.76. The normalized spacial score (nSPS) is 16.1. The van der Waals surface area contributed by atoms with Gasteiger partial charge in [-0.15, -0.1) is 11.3 Å². The molecule has 3 nitrogen and oxygen atoms in total. The van der Waals surface area contributed by atoms with Crippen LogP contribution in [-0.4, -0.2) is 9.97 Å². The van der Waals surface area contributed by atoms with E-state index < -0.39 is 0 Å². The fraction of sp³-hybridized carbons (Fsp3) is 0.333. The highest BCUT2D eigenvalue weighted by atomic mass is 35.5. The van der Waals surface area contributed by atoms with Crippen LogP contribution in [0.4, 0.5) is 5.69 Å². The lowest BCUT2D eigenvalue weighted by Crippen LogP contribution is -2.00. The molecule has 0 radical (unpaired) electrons. The zero-order valence-electron chi connectivity index (χ0n) is 15.5. The number of pyridine rings is 2. The van der Waals surface area contributed by atoms with Crippen molar-refractivity contribution >= 4 is 50.4 Å². The van der Waals surface area contributed by atoms with Crippen LogP contribution in [0.3, 0.4) is 0 Å². The van der Waals surface area contributed by atoms with Crippen LogP contribution < -0.4 is 5.32 Å². The molecule has 0 saturated heterocycles. The molecule has 142 valence electrons. The van der Waals surface area contributed by atoms with Gasteiger partial charge in [-0.2, -0.15) is 0 Å². The summed E-state index contributed by atoms with van der Waals surface area (Å²) in [5.74, 6) is 0.475. The Bertz CT molecular complexity index is 922. The van der Waals surface area contributed by atoms with Gasteiger partial charge < -0.3 is 5.32 Å². The van der Waals surface area contributed by atoms with Crippen molar-refractivity contribution < 1.29 is 0 Å². The minimum Gasteiger partial charge on any atom is -0.380 e. The molecule has 3 aromatic rings. The summed E-state index contributed by atoms with van der Waals surface area (Å²) >= 11 is 14.7. The molecule has 1 aliphatic rings. The number of hydrogen-bond acceptors (Lipinski definition) is 4. The molecule has 0 amide bonds. The van der Waals surface area contributed by atoms with Gasteiger partial charge in [0.15, 0.2) is 0 Å². The minimum absolute atomic E-state index is 0.458. The third kappa shape index (κ3) is 4.63. The van der Waals surface area contributed by atoms with E-state index in [0.29, 0.717) is 17.6 Å². The Morgan fingerprint density at radius 2 is 1.96 bits per heavy atom. The van der Waals surface area contributed by atoms with Gasteiger partial charge >= 0.3 is 0 Å². The average Bonchev–Trinajstić information content (AvgIpc) is 3.06. The lowest BCUT2D eigenvalue weighted by atomic mass is 9.93. The van der Waals surface area contributed by atoms with E-state index in [2.05, 4.69) is 27.4 Å². The molecule has 0 aromatic carbocycles. The summed E-state index contributed by atoms with van der Waals surface area (Å²) in [6.45, 7) is 4.70. The highest BCUT2D eigenvalue weighted by Gasteiger charge is 2.22. The zero-order valence-corrected chi connectivity index (χ0v) is 17.8. The van der Waals surface area contributed by atoms with Crippen LogP contribution in [0.2, 0.25) is 10.2 Å². The molecule has 0 bridgehead atoms. The molecule has 0 aliphatic heterocycles. The summed E-state index contributed by atoms with van der Waals surface area (Å²) in [6.07, 6.45) is 11.4. The van der Waals surface area contributed by atoms with Gasteiger partial charge in [-0.05, 0) is 42.9 Å². The van der Waals surface area contributed by atoms with Crippen molar-refractivity contribution in [3.05, 3.63) is 63.4 Å².